The van der Waals surface area contributed by atoms with Gasteiger partial charge in [0.25, 0.3) is 5.56 Å². The maximum atomic E-state index is 11.9. The first-order valence-corrected chi connectivity index (χ1v) is 6.48. The van der Waals surface area contributed by atoms with Crippen LogP contribution in [0.3, 0.4) is 0 Å². The molecule has 2 aromatic rings. The summed E-state index contributed by atoms with van der Waals surface area (Å²) in [5.41, 5.74) is 0.711. The first-order valence-electron chi connectivity index (χ1n) is 6.48. The van der Waals surface area contributed by atoms with E-state index in [9.17, 15) is 4.79 Å². The monoisotopic (exact) mass is 244 g/mol. The maximum absolute atomic E-state index is 11.9. The molecule has 0 spiro atoms. The van der Waals surface area contributed by atoms with Crippen molar-refractivity contribution >= 4 is 0 Å². The Morgan fingerprint density at radius 3 is 2.72 bits per heavy atom. The zero-order valence-corrected chi connectivity index (χ0v) is 10.2. The van der Waals surface area contributed by atoms with Crippen LogP contribution in [-0.4, -0.2) is 9.78 Å². The van der Waals surface area contributed by atoms with Crippen LogP contribution < -0.4 is 5.56 Å². The summed E-state index contributed by atoms with van der Waals surface area (Å²) in [5, 5.41) is 4.45. The van der Waals surface area contributed by atoms with Gasteiger partial charge in [0.05, 0.1) is 12.3 Å². The lowest BCUT2D eigenvalue weighted by atomic mass is 9.96. The molecule has 1 fully saturated rings. The maximum Gasteiger partial charge on any atom is 0.267 e. The molecule has 0 bridgehead atoms. The highest BCUT2D eigenvalue weighted by molar-refractivity contribution is 5.50. The summed E-state index contributed by atoms with van der Waals surface area (Å²) in [6, 6.07) is 7.24. The Morgan fingerprint density at radius 2 is 2.00 bits per heavy atom. The smallest absolute Gasteiger partial charge is 0.267 e. The van der Waals surface area contributed by atoms with Crippen molar-refractivity contribution in [3.8, 4) is 11.5 Å². The fourth-order valence-corrected chi connectivity index (χ4v) is 2.57. The molecule has 0 amide bonds. The number of nitrogens with zero attached hydrogens (tertiary/aromatic N) is 2. The highest BCUT2D eigenvalue weighted by Gasteiger charge is 2.18. The van der Waals surface area contributed by atoms with Gasteiger partial charge in [-0.1, -0.05) is 19.3 Å². The Hall–Kier alpha value is -1.84. The number of rotatable bonds is 2. The van der Waals surface area contributed by atoms with Gasteiger partial charge >= 0.3 is 0 Å². The fraction of sp³-hybridized carbons (Fsp3) is 0.429. The summed E-state index contributed by atoms with van der Waals surface area (Å²) >= 11 is 0. The Labute approximate surface area is 105 Å². The van der Waals surface area contributed by atoms with Crippen molar-refractivity contribution in [1.29, 1.82) is 0 Å². The van der Waals surface area contributed by atoms with Crippen molar-refractivity contribution in [1.82, 2.24) is 9.78 Å². The van der Waals surface area contributed by atoms with Crippen molar-refractivity contribution in [2.24, 2.45) is 0 Å². The van der Waals surface area contributed by atoms with E-state index in [0.29, 0.717) is 5.76 Å². The molecule has 0 radical (unpaired) electrons. The van der Waals surface area contributed by atoms with Crippen LogP contribution in [0.25, 0.3) is 11.5 Å². The molecule has 3 rings (SSSR count). The standard InChI is InChI=1S/C14H16N2O2/c17-14-9-8-12(13-7-4-10-18-13)15-16(14)11-5-2-1-3-6-11/h4,7-11H,1-3,5-6H2. The zero-order valence-electron chi connectivity index (χ0n) is 10.2. The van der Waals surface area contributed by atoms with E-state index in [-0.39, 0.29) is 11.6 Å². The molecule has 0 aliphatic heterocycles. The molecule has 1 aliphatic carbocycles. The minimum atomic E-state index is -0.0165. The fourth-order valence-electron chi connectivity index (χ4n) is 2.57. The molecule has 2 aromatic heterocycles. The third-order valence-electron chi connectivity index (χ3n) is 3.52. The van der Waals surface area contributed by atoms with E-state index in [1.54, 1.807) is 23.1 Å². The van der Waals surface area contributed by atoms with Crippen LogP contribution in [0.1, 0.15) is 38.1 Å². The van der Waals surface area contributed by atoms with Gasteiger partial charge in [-0.3, -0.25) is 4.79 Å². The largest absolute Gasteiger partial charge is 0.463 e. The van der Waals surface area contributed by atoms with Crippen molar-refractivity contribution in [2.75, 3.05) is 0 Å². The lowest BCUT2D eigenvalue weighted by Crippen LogP contribution is -2.28. The Kier molecular flexibility index (Phi) is 3.00. The molecule has 94 valence electrons. The molecule has 2 heterocycles. The van der Waals surface area contributed by atoms with Gasteiger partial charge in [0, 0.05) is 6.07 Å². The summed E-state index contributed by atoms with van der Waals surface area (Å²) in [6.45, 7) is 0. The van der Waals surface area contributed by atoms with Gasteiger partial charge in [0.2, 0.25) is 0 Å². The van der Waals surface area contributed by atoms with Gasteiger partial charge in [-0.25, -0.2) is 4.68 Å². The van der Waals surface area contributed by atoms with E-state index < -0.39 is 0 Å². The lowest BCUT2D eigenvalue weighted by Gasteiger charge is -2.22. The summed E-state index contributed by atoms with van der Waals surface area (Å²) in [6.07, 6.45) is 7.35. The van der Waals surface area contributed by atoms with Gasteiger partial charge < -0.3 is 4.42 Å². The van der Waals surface area contributed by atoms with E-state index in [2.05, 4.69) is 5.10 Å². The first kappa shape index (κ1) is 11.3. The van der Waals surface area contributed by atoms with Crippen LogP contribution >= 0.6 is 0 Å². The molecular weight excluding hydrogens is 228 g/mol. The molecule has 18 heavy (non-hydrogen) atoms. The molecule has 4 heteroatoms. The average Bonchev–Trinajstić information content (AvgIpc) is 2.94. The van der Waals surface area contributed by atoms with Crippen molar-refractivity contribution in [3.63, 3.8) is 0 Å². The second-order valence-corrected chi connectivity index (χ2v) is 4.77. The summed E-state index contributed by atoms with van der Waals surface area (Å²) in [5.74, 6) is 0.708. The van der Waals surface area contributed by atoms with E-state index in [4.69, 9.17) is 4.42 Å². The summed E-state index contributed by atoms with van der Waals surface area (Å²) in [4.78, 5) is 11.9. The molecule has 0 aromatic carbocycles. The van der Waals surface area contributed by atoms with E-state index in [1.807, 2.05) is 12.1 Å². The number of hydrogen-bond acceptors (Lipinski definition) is 3. The molecule has 0 N–H and O–H groups in total. The van der Waals surface area contributed by atoms with Gasteiger partial charge in [-0.15, -0.1) is 0 Å². The minimum Gasteiger partial charge on any atom is -0.463 e. The third kappa shape index (κ3) is 2.10. The molecular formula is C14H16N2O2. The van der Waals surface area contributed by atoms with Crippen molar-refractivity contribution < 1.29 is 4.42 Å². The molecule has 0 saturated heterocycles. The molecule has 4 nitrogen and oxygen atoms in total. The number of hydrogen-bond donors (Lipinski definition) is 0. The Bertz CT molecular complexity index is 566. The normalized spacial score (nSPS) is 16.9. The second-order valence-electron chi connectivity index (χ2n) is 4.77. The van der Waals surface area contributed by atoms with Crippen LogP contribution in [0.15, 0.2) is 39.7 Å². The lowest BCUT2D eigenvalue weighted by molar-refractivity contribution is 0.319. The first-order chi connectivity index (χ1) is 8.84. The zero-order chi connectivity index (χ0) is 12.4. The SMILES string of the molecule is O=c1ccc(-c2ccco2)nn1C1CCCCC1. The highest BCUT2D eigenvalue weighted by atomic mass is 16.3. The summed E-state index contributed by atoms with van der Waals surface area (Å²) < 4.78 is 6.96. The van der Waals surface area contributed by atoms with E-state index >= 15 is 0 Å². The predicted octanol–water partition coefficient (Wildman–Crippen LogP) is 3.01. The highest BCUT2D eigenvalue weighted by Crippen LogP contribution is 2.27. The average molecular weight is 244 g/mol. The van der Waals surface area contributed by atoms with Gasteiger partial charge in [-0.05, 0) is 31.0 Å². The van der Waals surface area contributed by atoms with Crippen LogP contribution in [0.5, 0.6) is 0 Å². The van der Waals surface area contributed by atoms with Crippen LogP contribution in [0, 0.1) is 0 Å². The van der Waals surface area contributed by atoms with Crippen LogP contribution in [0.2, 0.25) is 0 Å². The molecule has 1 saturated carbocycles. The molecule has 1 aliphatic rings. The van der Waals surface area contributed by atoms with Gasteiger partial charge in [-0.2, -0.15) is 5.10 Å². The second kappa shape index (κ2) is 4.80. The predicted molar refractivity (Wildman–Crippen MR) is 68.3 cm³/mol. The topological polar surface area (TPSA) is 48.0 Å². The van der Waals surface area contributed by atoms with Gasteiger partial charge in [0.1, 0.15) is 5.69 Å². The third-order valence-corrected chi connectivity index (χ3v) is 3.52. The number of furan rings is 1. The van der Waals surface area contributed by atoms with Crippen LogP contribution in [0.4, 0.5) is 0 Å². The Balaban J connectivity index is 1.98. The summed E-state index contributed by atoms with van der Waals surface area (Å²) in [7, 11) is 0. The Morgan fingerprint density at radius 1 is 1.17 bits per heavy atom. The van der Waals surface area contributed by atoms with Crippen molar-refractivity contribution in [3.05, 3.63) is 40.9 Å². The quantitative estimate of drug-likeness (QED) is 0.815. The van der Waals surface area contributed by atoms with E-state index in [1.165, 1.54) is 19.3 Å². The molecule has 0 atom stereocenters. The van der Waals surface area contributed by atoms with E-state index in [0.717, 1.165) is 18.5 Å². The van der Waals surface area contributed by atoms with Crippen molar-refractivity contribution in [2.45, 2.75) is 38.1 Å². The number of aromatic nitrogens is 2. The van der Waals surface area contributed by atoms with Gasteiger partial charge in [0.15, 0.2) is 5.76 Å². The molecule has 0 unspecified atom stereocenters. The minimum absolute atomic E-state index is 0.0165. The van der Waals surface area contributed by atoms with Crippen LogP contribution in [-0.2, 0) is 0 Å².